The molecule has 1 aromatic carbocycles. The van der Waals surface area contributed by atoms with Gasteiger partial charge in [0.1, 0.15) is 11.6 Å². The predicted octanol–water partition coefficient (Wildman–Crippen LogP) is 4.55. The summed E-state index contributed by atoms with van der Waals surface area (Å²) in [6, 6.07) is 12.0. The fourth-order valence-electron chi connectivity index (χ4n) is 2.62. The van der Waals surface area contributed by atoms with E-state index in [4.69, 9.17) is 4.42 Å². The lowest BCUT2D eigenvalue weighted by Gasteiger charge is -2.14. The maximum Gasteiger partial charge on any atom is 0.229 e. The average molecular weight is 322 g/mol. The molecule has 3 rings (SSSR count). The van der Waals surface area contributed by atoms with Crippen LogP contribution in [0.4, 0.5) is 17.5 Å². The lowest BCUT2D eigenvalue weighted by atomic mass is 10.0. The molecule has 2 aromatic heterocycles. The second-order valence-electron chi connectivity index (χ2n) is 5.48. The molecule has 0 aliphatic carbocycles. The molecular weight excluding hydrogens is 300 g/mol. The fraction of sp³-hybridized carbons (Fsp3) is 0.263. The molecule has 0 bridgehead atoms. The summed E-state index contributed by atoms with van der Waals surface area (Å²) < 4.78 is 5.32. The van der Waals surface area contributed by atoms with Gasteiger partial charge < -0.3 is 15.1 Å². The van der Waals surface area contributed by atoms with Crippen molar-refractivity contribution in [1.29, 1.82) is 0 Å². The Kier molecular flexibility index (Phi) is 5.11. The Morgan fingerprint density at radius 3 is 2.46 bits per heavy atom. The van der Waals surface area contributed by atoms with E-state index < -0.39 is 0 Å². The molecule has 0 saturated heterocycles. The molecule has 0 unspecified atom stereocenters. The number of anilines is 3. The van der Waals surface area contributed by atoms with E-state index in [1.807, 2.05) is 18.2 Å². The molecule has 0 amide bonds. The van der Waals surface area contributed by atoms with E-state index in [-0.39, 0.29) is 0 Å². The van der Waals surface area contributed by atoms with Gasteiger partial charge in [0, 0.05) is 11.9 Å². The van der Waals surface area contributed by atoms with E-state index in [9.17, 15) is 0 Å². The molecule has 3 aromatic rings. The number of rotatable bonds is 7. The molecule has 0 radical (unpaired) electrons. The van der Waals surface area contributed by atoms with Crippen molar-refractivity contribution in [3.8, 4) is 0 Å². The van der Waals surface area contributed by atoms with Gasteiger partial charge in [-0.25, -0.2) is 4.98 Å². The number of furan rings is 1. The summed E-state index contributed by atoms with van der Waals surface area (Å²) in [5.74, 6) is 2.22. The van der Waals surface area contributed by atoms with Crippen LogP contribution in [0.25, 0.3) is 0 Å². The van der Waals surface area contributed by atoms with Gasteiger partial charge in [-0.1, -0.05) is 32.0 Å². The zero-order valence-corrected chi connectivity index (χ0v) is 14.0. The van der Waals surface area contributed by atoms with Crippen LogP contribution < -0.4 is 10.6 Å². The van der Waals surface area contributed by atoms with Gasteiger partial charge >= 0.3 is 0 Å². The number of nitrogens with one attached hydrogen (secondary N) is 2. The van der Waals surface area contributed by atoms with Crippen molar-refractivity contribution in [3.63, 3.8) is 0 Å². The van der Waals surface area contributed by atoms with Gasteiger partial charge in [-0.15, -0.1) is 0 Å². The average Bonchev–Trinajstić information content (AvgIpc) is 3.14. The molecule has 0 aliphatic heterocycles. The number of benzene rings is 1. The van der Waals surface area contributed by atoms with E-state index in [0.29, 0.717) is 12.5 Å². The lowest BCUT2D eigenvalue weighted by molar-refractivity contribution is 0.518. The van der Waals surface area contributed by atoms with E-state index in [1.54, 1.807) is 12.5 Å². The van der Waals surface area contributed by atoms with Gasteiger partial charge in [-0.2, -0.15) is 4.98 Å². The van der Waals surface area contributed by atoms with Crippen LogP contribution in [0, 0.1) is 0 Å². The van der Waals surface area contributed by atoms with Crippen LogP contribution in [0.3, 0.4) is 0 Å². The van der Waals surface area contributed by atoms with Crippen LogP contribution in [0.2, 0.25) is 0 Å². The van der Waals surface area contributed by atoms with E-state index in [2.05, 4.69) is 52.6 Å². The van der Waals surface area contributed by atoms with Crippen molar-refractivity contribution in [1.82, 2.24) is 9.97 Å². The van der Waals surface area contributed by atoms with Crippen molar-refractivity contribution >= 4 is 17.5 Å². The minimum Gasteiger partial charge on any atom is -0.467 e. The number of para-hydroxylation sites is 1. The maximum atomic E-state index is 5.32. The highest BCUT2D eigenvalue weighted by Gasteiger charge is 2.08. The Bertz CT molecular complexity index is 762. The Labute approximate surface area is 142 Å². The summed E-state index contributed by atoms with van der Waals surface area (Å²) >= 11 is 0. The number of hydrogen-bond acceptors (Lipinski definition) is 5. The number of hydrogen-bond donors (Lipinski definition) is 2. The van der Waals surface area contributed by atoms with Crippen molar-refractivity contribution in [2.45, 2.75) is 33.2 Å². The third kappa shape index (κ3) is 3.74. The second kappa shape index (κ2) is 7.64. The first kappa shape index (κ1) is 16.1. The summed E-state index contributed by atoms with van der Waals surface area (Å²) in [5, 5.41) is 6.64. The van der Waals surface area contributed by atoms with Crippen LogP contribution in [-0.4, -0.2) is 9.97 Å². The smallest absolute Gasteiger partial charge is 0.229 e. The monoisotopic (exact) mass is 322 g/mol. The maximum absolute atomic E-state index is 5.32. The van der Waals surface area contributed by atoms with Crippen molar-refractivity contribution in [2.24, 2.45) is 0 Å². The van der Waals surface area contributed by atoms with Crippen LogP contribution in [0.5, 0.6) is 0 Å². The molecule has 2 heterocycles. The molecule has 5 nitrogen and oxygen atoms in total. The standard InChI is InChI=1S/C19H22N4O/c1-3-14-7-5-8-15(4-2)18(14)23-19-20-11-10-17(22-19)21-13-16-9-6-12-24-16/h5-12H,3-4,13H2,1-2H3,(H2,20,21,22,23). The van der Waals surface area contributed by atoms with Crippen LogP contribution in [0.15, 0.2) is 53.3 Å². The number of aromatic nitrogens is 2. The summed E-state index contributed by atoms with van der Waals surface area (Å²) in [6.45, 7) is 4.90. The minimum atomic E-state index is 0.592. The van der Waals surface area contributed by atoms with Crippen molar-refractivity contribution in [2.75, 3.05) is 10.6 Å². The normalized spacial score (nSPS) is 10.6. The molecule has 0 saturated carbocycles. The minimum absolute atomic E-state index is 0.592. The summed E-state index contributed by atoms with van der Waals surface area (Å²) in [6.07, 6.45) is 5.34. The summed E-state index contributed by atoms with van der Waals surface area (Å²) in [5.41, 5.74) is 3.66. The van der Waals surface area contributed by atoms with Gasteiger partial charge in [-0.05, 0) is 42.2 Å². The third-order valence-corrected chi connectivity index (χ3v) is 3.92. The van der Waals surface area contributed by atoms with Crippen LogP contribution >= 0.6 is 0 Å². The first-order chi connectivity index (χ1) is 11.8. The SMILES string of the molecule is CCc1cccc(CC)c1Nc1nccc(NCc2ccco2)n1. The lowest BCUT2D eigenvalue weighted by Crippen LogP contribution is -2.06. The zero-order valence-electron chi connectivity index (χ0n) is 14.0. The van der Waals surface area contributed by atoms with Crippen molar-refractivity contribution < 1.29 is 4.42 Å². The van der Waals surface area contributed by atoms with Gasteiger partial charge in [0.15, 0.2) is 0 Å². The van der Waals surface area contributed by atoms with Gasteiger partial charge in [0.25, 0.3) is 0 Å². The molecule has 124 valence electrons. The largest absolute Gasteiger partial charge is 0.467 e. The fourth-order valence-corrected chi connectivity index (χ4v) is 2.62. The molecule has 0 fully saturated rings. The van der Waals surface area contributed by atoms with Crippen LogP contribution in [0.1, 0.15) is 30.7 Å². The number of aryl methyl sites for hydroxylation is 2. The highest BCUT2D eigenvalue weighted by Crippen LogP contribution is 2.25. The Hall–Kier alpha value is -2.82. The van der Waals surface area contributed by atoms with Crippen LogP contribution in [-0.2, 0) is 19.4 Å². The first-order valence-corrected chi connectivity index (χ1v) is 8.27. The Morgan fingerprint density at radius 2 is 1.79 bits per heavy atom. The zero-order chi connectivity index (χ0) is 16.8. The second-order valence-corrected chi connectivity index (χ2v) is 5.48. The quantitative estimate of drug-likeness (QED) is 0.668. The number of nitrogens with zero attached hydrogens (tertiary/aromatic N) is 2. The van der Waals surface area contributed by atoms with E-state index in [0.717, 1.165) is 30.1 Å². The van der Waals surface area contributed by atoms with Gasteiger partial charge in [0.2, 0.25) is 5.95 Å². The van der Waals surface area contributed by atoms with Gasteiger partial charge in [0.05, 0.1) is 12.8 Å². The topological polar surface area (TPSA) is 63.0 Å². The van der Waals surface area contributed by atoms with E-state index in [1.165, 1.54) is 11.1 Å². The summed E-state index contributed by atoms with van der Waals surface area (Å²) in [7, 11) is 0. The van der Waals surface area contributed by atoms with Gasteiger partial charge in [-0.3, -0.25) is 0 Å². The third-order valence-electron chi connectivity index (χ3n) is 3.92. The molecule has 24 heavy (non-hydrogen) atoms. The first-order valence-electron chi connectivity index (χ1n) is 8.27. The summed E-state index contributed by atoms with van der Waals surface area (Å²) in [4.78, 5) is 8.89. The van der Waals surface area contributed by atoms with Crippen molar-refractivity contribution in [3.05, 3.63) is 65.7 Å². The molecular formula is C19H22N4O. The Balaban J connectivity index is 1.77. The molecule has 0 spiro atoms. The highest BCUT2D eigenvalue weighted by molar-refractivity contribution is 5.64. The Morgan fingerprint density at radius 1 is 1.00 bits per heavy atom. The van der Waals surface area contributed by atoms with E-state index >= 15 is 0 Å². The predicted molar refractivity (Wildman–Crippen MR) is 96.5 cm³/mol. The molecule has 5 heteroatoms. The molecule has 2 N–H and O–H groups in total. The molecule has 0 aliphatic rings. The highest BCUT2D eigenvalue weighted by atomic mass is 16.3. The molecule has 0 atom stereocenters.